The number of nitrogens with zero attached hydrogens (tertiary/aromatic N) is 2. The van der Waals surface area contributed by atoms with E-state index in [4.69, 9.17) is 0 Å². The average Bonchev–Trinajstić information content (AvgIpc) is 3.29. The van der Waals surface area contributed by atoms with Crippen LogP contribution in [0.4, 0.5) is 9.18 Å². The minimum Gasteiger partial charge on any atom is -0.354 e. The summed E-state index contributed by atoms with van der Waals surface area (Å²) in [6.07, 6.45) is 1.36. The van der Waals surface area contributed by atoms with E-state index < -0.39 is 17.0 Å². The quantitative estimate of drug-likeness (QED) is 0.416. The number of imide groups is 1. The molecule has 31 heavy (non-hydrogen) atoms. The highest BCUT2D eigenvalue weighted by atomic mass is 32.2. The first-order valence-corrected chi connectivity index (χ1v) is 11.2. The van der Waals surface area contributed by atoms with Crippen LogP contribution in [0, 0.1) is 5.82 Å². The van der Waals surface area contributed by atoms with E-state index >= 15 is 0 Å². The zero-order valence-corrected chi connectivity index (χ0v) is 17.8. The zero-order valence-electron chi connectivity index (χ0n) is 16.1. The molecule has 0 saturated carbocycles. The normalized spacial score (nSPS) is 15.3. The van der Waals surface area contributed by atoms with E-state index in [-0.39, 0.29) is 35.2 Å². The molecule has 3 amide bonds. The molecule has 0 spiro atoms. The highest BCUT2D eigenvalue weighted by Gasteiger charge is 2.34. The fraction of sp³-hybridized carbons (Fsp3) is 0.143. The number of carbonyl (C=O) groups is 3. The van der Waals surface area contributed by atoms with Crippen molar-refractivity contribution >= 4 is 57.7 Å². The lowest BCUT2D eigenvalue weighted by molar-refractivity contribution is -0.123. The van der Waals surface area contributed by atoms with Crippen molar-refractivity contribution in [1.29, 1.82) is 0 Å². The Balaban J connectivity index is 1.27. The van der Waals surface area contributed by atoms with Crippen molar-refractivity contribution in [2.24, 2.45) is 0 Å². The van der Waals surface area contributed by atoms with Crippen molar-refractivity contribution in [2.75, 3.05) is 18.8 Å². The second-order valence-electron chi connectivity index (χ2n) is 6.55. The molecule has 1 aliphatic rings. The molecule has 2 aromatic carbocycles. The predicted molar refractivity (Wildman–Crippen MR) is 119 cm³/mol. The third-order valence-corrected chi connectivity index (χ3v) is 6.21. The van der Waals surface area contributed by atoms with Gasteiger partial charge in [0, 0.05) is 18.7 Å². The molecule has 1 aromatic heterocycles. The number of para-hydroxylation sites is 2. The molecule has 0 radical (unpaired) electrons. The summed E-state index contributed by atoms with van der Waals surface area (Å²) >= 11 is 2.02. The van der Waals surface area contributed by atoms with Crippen molar-refractivity contribution in [3.63, 3.8) is 0 Å². The number of imidazole rings is 1. The van der Waals surface area contributed by atoms with Gasteiger partial charge in [0.05, 0.1) is 21.7 Å². The predicted octanol–water partition coefficient (Wildman–Crippen LogP) is 3.65. The lowest BCUT2D eigenvalue weighted by Crippen LogP contribution is -2.37. The second-order valence-corrected chi connectivity index (χ2v) is 8.51. The molecule has 2 N–H and O–H groups in total. The maximum absolute atomic E-state index is 13.8. The van der Waals surface area contributed by atoms with Gasteiger partial charge in [-0.25, -0.2) is 9.37 Å². The molecule has 10 heteroatoms. The number of nitrogens with one attached hydrogen (secondary N) is 2. The van der Waals surface area contributed by atoms with Crippen molar-refractivity contribution in [1.82, 2.24) is 20.2 Å². The van der Waals surface area contributed by atoms with Crippen LogP contribution in [0.5, 0.6) is 0 Å². The number of aromatic amines is 1. The average molecular weight is 457 g/mol. The number of fused-ring (bicyclic) bond motifs is 1. The van der Waals surface area contributed by atoms with Gasteiger partial charge in [-0.3, -0.25) is 19.3 Å². The minimum atomic E-state index is -0.496. The van der Waals surface area contributed by atoms with Crippen LogP contribution in [0.3, 0.4) is 0 Å². The lowest BCUT2D eigenvalue weighted by atomic mass is 10.2. The molecule has 0 aliphatic carbocycles. The molecule has 3 aromatic rings. The van der Waals surface area contributed by atoms with E-state index in [1.54, 1.807) is 12.1 Å². The highest BCUT2D eigenvalue weighted by Crippen LogP contribution is 2.32. The molecular weight excluding hydrogens is 439 g/mol. The van der Waals surface area contributed by atoms with E-state index in [1.807, 2.05) is 24.3 Å². The van der Waals surface area contributed by atoms with Crippen molar-refractivity contribution in [3.8, 4) is 0 Å². The number of amides is 3. The summed E-state index contributed by atoms with van der Waals surface area (Å²) in [7, 11) is 0. The molecule has 4 rings (SSSR count). The van der Waals surface area contributed by atoms with Gasteiger partial charge in [0.2, 0.25) is 5.91 Å². The maximum atomic E-state index is 13.8. The highest BCUT2D eigenvalue weighted by molar-refractivity contribution is 8.18. The molecule has 0 bridgehead atoms. The Hall–Kier alpha value is -3.11. The number of thioether (sulfide) groups is 2. The zero-order chi connectivity index (χ0) is 21.8. The van der Waals surface area contributed by atoms with E-state index in [9.17, 15) is 18.8 Å². The first kappa shape index (κ1) is 21.1. The Bertz CT molecular complexity index is 1160. The lowest BCUT2D eigenvalue weighted by Gasteiger charge is -2.12. The number of carbonyl (C=O) groups excluding carboxylic acids is 3. The second kappa shape index (κ2) is 9.36. The Morgan fingerprint density at radius 2 is 1.97 bits per heavy atom. The van der Waals surface area contributed by atoms with Crippen molar-refractivity contribution in [2.45, 2.75) is 5.16 Å². The molecule has 0 unspecified atom stereocenters. The molecule has 7 nitrogen and oxygen atoms in total. The molecule has 1 saturated heterocycles. The summed E-state index contributed by atoms with van der Waals surface area (Å²) in [5.74, 6) is -1.05. The summed E-state index contributed by atoms with van der Waals surface area (Å²) in [5.41, 5.74) is 1.96. The van der Waals surface area contributed by atoms with Crippen LogP contribution in [-0.2, 0) is 9.59 Å². The standard InChI is InChI=1S/C21H17FN4O3S2/c22-14-6-2-1-5-13(14)11-17-19(28)26(21(29)31-17)10-9-23-18(27)12-30-20-24-15-7-3-4-8-16(15)25-20/h1-8,11H,9-10,12H2,(H,23,27)(H,24,25)/b17-11-. The van der Waals surface area contributed by atoms with Gasteiger partial charge < -0.3 is 10.3 Å². The fourth-order valence-corrected chi connectivity index (χ4v) is 4.49. The molecule has 2 heterocycles. The molecule has 0 atom stereocenters. The maximum Gasteiger partial charge on any atom is 0.293 e. The van der Waals surface area contributed by atoms with Crippen LogP contribution in [0.15, 0.2) is 58.6 Å². The van der Waals surface area contributed by atoms with Gasteiger partial charge in [-0.15, -0.1) is 0 Å². The summed E-state index contributed by atoms with van der Waals surface area (Å²) < 4.78 is 13.8. The van der Waals surface area contributed by atoms with Gasteiger partial charge >= 0.3 is 0 Å². The van der Waals surface area contributed by atoms with Gasteiger partial charge in [0.25, 0.3) is 11.1 Å². The van der Waals surface area contributed by atoms with Gasteiger partial charge in [-0.1, -0.05) is 42.1 Å². The van der Waals surface area contributed by atoms with Gasteiger partial charge in [-0.2, -0.15) is 0 Å². The number of hydrogen-bond acceptors (Lipinski definition) is 6. The SMILES string of the molecule is O=C(CSc1nc2ccccc2[nH]1)NCCN1C(=O)S/C(=C\c2ccccc2F)C1=O. The van der Waals surface area contributed by atoms with Crippen molar-refractivity contribution in [3.05, 3.63) is 64.8 Å². The van der Waals surface area contributed by atoms with Crippen LogP contribution in [0.1, 0.15) is 5.56 Å². The van der Waals surface area contributed by atoms with Crippen LogP contribution in [0.2, 0.25) is 0 Å². The Labute approximate surface area is 185 Å². The summed E-state index contributed by atoms with van der Waals surface area (Å²) in [6.45, 7) is 0.171. The largest absolute Gasteiger partial charge is 0.354 e. The summed E-state index contributed by atoms with van der Waals surface area (Å²) in [6, 6.07) is 13.6. The topological polar surface area (TPSA) is 95.2 Å². The number of rotatable bonds is 7. The van der Waals surface area contributed by atoms with E-state index in [1.165, 1.54) is 30.0 Å². The minimum absolute atomic E-state index is 0.0420. The molecule has 158 valence electrons. The van der Waals surface area contributed by atoms with Crippen LogP contribution < -0.4 is 5.32 Å². The van der Waals surface area contributed by atoms with Crippen molar-refractivity contribution < 1.29 is 18.8 Å². The summed E-state index contributed by atoms with van der Waals surface area (Å²) in [4.78, 5) is 45.4. The Morgan fingerprint density at radius 3 is 2.77 bits per heavy atom. The Morgan fingerprint density at radius 1 is 1.19 bits per heavy atom. The summed E-state index contributed by atoms with van der Waals surface area (Å²) in [5, 5.41) is 2.89. The first-order chi connectivity index (χ1) is 15.0. The number of hydrogen-bond donors (Lipinski definition) is 2. The molecular formula is C21H17FN4O3S2. The Kier molecular flexibility index (Phi) is 6.38. The van der Waals surface area contributed by atoms with Crippen LogP contribution >= 0.6 is 23.5 Å². The van der Waals surface area contributed by atoms with Crippen LogP contribution in [-0.4, -0.2) is 50.8 Å². The number of halogens is 1. The van der Waals surface area contributed by atoms with Gasteiger partial charge in [0.1, 0.15) is 5.82 Å². The monoisotopic (exact) mass is 456 g/mol. The molecule has 1 aliphatic heterocycles. The third-order valence-electron chi connectivity index (χ3n) is 4.43. The van der Waals surface area contributed by atoms with E-state index in [0.29, 0.717) is 5.16 Å². The van der Waals surface area contributed by atoms with Gasteiger partial charge in [0.15, 0.2) is 5.16 Å². The fourth-order valence-electron chi connectivity index (χ4n) is 2.92. The van der Waals surface area contributed by atoms with E-state index in [0.717, 1.165) is 27.7 Å². The van der Waals surface area contributed by atoms with Crippen LogP contribution in [0.25, 0.3) is 17.1 Å². The van der Waals surface area contributed by atoms with E-state index in [2.05, 4.69) is 15.3 Å². The molecule has 1 fully saturated rings. The van der Waals surface area contributed by atoms with Gasteiger partial charge in [-0.05, 0) is 36.0 Å². The smallest absolute Gasteiger partial charge is 0.293 e. The number of benzene rings is 2. The number of H-pyrrole nitrogens is 1. The third kappa shape index (κ3) is 4.97. The number of aromatic nitrogens is 2. The first-order valence-electron chi connectivity index (χ1n) is 9.35.